The van der Waals surface area contributed by atoms with Crippen LogP contribution in [0.2, 0.25) is 0 Å². The molecule has 0 radical (unpaired) electrons. The van der Waals surface area contributed by atoms with E-state index in [-0.39, 0.29) is 23.6 Å². The molecule has 1 rings (SSSR count). The second-order valence-corrected chi connectivity index (χ2v) is 4.40. The molecule has 0 aliphatic carbocycles. The molecule has 0 aliphatic heterocycles. The van der Waals surface area contributed by atoms with Gasteiger partial charge in [0.15, 0.2) is 11.5 Å². The molecule has 0 fully saturated rings. The highest BCUT2D eigenvalue weighted by Crippen LogP contribution is 2.36. The van der Waals surface area contributed by atoms with Crippen LogP contribution in [-0.4, -0.2) is 53.2 Å². The van der Waals surface area contributed by atoms with Crippen molar-refractivity contribution in [3.8, 4) is 11.5 Å². The van der Waals surface area contributed by atoms with Gasteiger partial charge in [-0.2, -0.15) is 0 Å². The predicted octanol–water partition coefficient (Wildman–Crippen LogP) is 0.112. The number of aromatic hydroxyl groups is 1. The summed E-state index contributed by atoms with van der Waals surface area (Å²) in [5.41, 5.74) is 0.472. The molecular formula is C14H19NO6. The van der Waals surface area contributed by atoms with Gasteiger partial charge in [0.25, 0.3) is 0 Å². The summed E-state index contributed by atoms with van der Waals surface area (Å²) in [5.74, 6) is -1.35. The lowest BCUT2D eigenvalue weighted by atomic mass is 9.99. The highest BCUT2D eigenvalue weighted by Gasteiger charge is 2.23. The first-order valence-corrected chi connectivity index (χ1v) is 6.23. The van der Waals surface area contributed by atoms with Gasteiger partial charge in [-0.1, -0.05) is 0 Å². The average Bonchev–Trinajstić information content (AvgIpc) is 2.45. The quantitative estimate of drug-likeness (QED) is 0.453. The van der Waals surface area contributed by atoms with Crippen LogP contribution in [0.5, 0.6) is 11.5 Å². The van der Waals surface area contributed by atoms with Crippen molar-refractivity contribution in [2.45, 2.75) is 12.2 Å². The van der Waals surface area contributed by atoms with Gasteiger partial charge in [0.05, 0.1) is 13.2 Å². The van der Waals surface area contributed by atoms with Gasteiger partial charge in [-0.05, 0) is 30.8 Å². The number of carbonyl (C=O) groups is 1. The van der Waals surface area contributed by atoms with Crippen LogP contribution in [0.4, 0.5) is 0 Å². The molecule has 0 spiro atoms. The number of hydrogen-bond acceptors (Lipinski definition) is 6. The van der Waals surface area contributed by atoms with Gasteiger partial charge in [0, 0.05) is 18.2 Å². The summed E-state index contributed by atoms with van der Waals surface area (Å²) in [6.07, 6.45) is -0.259. The van der Waals surface area contributed by atoms with Gasteiger partial charge in [0.2, 0.25) is 0 Å². The van der Waals surface area contributed by atoms with Crippen molar-refractivity contribution < 1.29 is 30.0 Å². The predicted molar refractivity (Wildman–Crippen MR) is 76.2 cm³/mol. The monoisotopic (exact) mass is 297 g/mol. The number of phenols is 1. The van der Waals surface area contributed by atoms with Crippen LogP contribution in [0.25, 0.3) is 6.08 Å². The molecular weight excluding hydrogens is 278 g/mol. The molecule has 0 saturated heterocycles. The number of aliphatic carboxylic acids is 1. The Morgan fingerprint density at radius 2 is 2.10 bits per heavy atom. The molecule has 0 aliphatic rings. The molecule has 21 heavy (non-hydrogen) atoms. The fourth-order valence-corrected chi connectivity index (χ4v) is 1.82. The summed E-state index contributed by atoms with van der Waals surface area (Å²) in [4.78, 5) is 10.5. The number of carboxylic acid groups (broad SMARTS) is 1. The second-order valence-electron chi connectivity index (χ2n) is 4.40. The summed E-state index contributed by atoms with van der Waals surface area (Å²) in [5, 5.41) is 41.2. The number of nitrogens with one attached hydrogen (secondary N) is 1. The first-order valence-electron chi connectivity index (χ1n) is 6.23. The van der Waals surface area contributed by atoms with Gasteiger partial charge in [-0.3, -0.25) is 0 Å². The maximum atomic E-state index is 10.5. The Balaban J connectivity index is 3.23. The molecule has 2 atom stereocenters. The molecule has 0 heterocycles. The minimum absolute atomic E-state index is 0.0575. The first kappa shape index (κ1) is 17.0. The van der Waals surface area contributed by atoms with E-state index in [0.29, 0.717) is 5.56 Å². The number of benzene rings is 1. The highest BCUT2D eigenvalue weighted by molar-refractivity contribution is 5.85. The second kappa shape index (κ2) is 7.63. The molecule has 0 amide bonds. The number of aliphatic hydroxyl groups excluding tert-OH is 2. The lowest BCUT2D eigenvalue weighted by molar-refractivity contribution is -0.131. The largest absolute Gasteiger partial charge is 0.504 e. The van der Waals surface area contributed by atoms with E-state index < -0.39 is 18.2 Å². The average molecular weight is 297 g/mol. The number of methoxy groups -OCH3 is 1. The van der Waals surface area contributed by atoms with E-state index in [0.717, 1.165) is 6.08 Å². The van der Waals surface area contributed by atoms with Crippen molar-refractivity contribution in [3.05, 3.63) is 29.3 Å². The van der Waals surface area contributed by atoms with Crippen LogP contribution in [-0.2, 0) is 4.79 Å². The lowest BCUT2D eigenvalue weighted by Crippen LogP contribution is -2.29. The summed E-state index contributed by atoms with van der Waals surface area (Å²) in [7, 11) is 2.95. The van der Waals surface area contributed by atoms with Gasteiger partial charge in [-0.15, -0.1) is 0 Å². The van der Waals surface area contributed by atoms with Crippen LogP contribution in [0, 0.1) is 0 Å². The third kappa shape index (κ3) is 4.45. The Bertz CT molecular complexity index is 528. The standard InChI is InChI=1S/C14H19NO6/c1-15-7-10(16)13(19)9-5-8(3-4-12(17)18)6-11(21-2)14(9)20/h3-6,10,13,15-16,19-20H,7H2,1-2H3,(H,17,18). The molecule has 5 N–H and O–H groups in total. The zero-order valence-electron chi connectivity index (χ0n) is 11.8. The SMILES string of the molecule is CNCC(O)C(O)c1cc(C=CC(=O)O)cc(OC)c1O. The van der Waals surface area contributed by atoms with E-state index in [1.807, 2.05) is 0 Å². The smallest absolute Gasteiger partial charge is 0.328 e. The fraction of sp³-hybridized carbons (Fsp3) is 0.357. The van der Waals surface area contributed by atoms with Crippen molar-refractivity contribution in [3.63, 3.8) is 0 Å². The van der Waals surface area contributed by atoms with Crippen molar-refractivity contribution in [2.75, 3.05) is 20.7 Å². The zero-order valence-corrected chi connectivity index (χ0v) is 11.8. The van der Waals surface area contributed by atoms with E-state index in [4.69, 9.17) is 9.84 Å². The summed E-state index contributed by atoms with van der Waals surface area (Å²) in [6, 6.07) is 2.82. The van der Waals surface area contributed by atoms with Crippen LogP contribution in [0.15, 0.2) is 18.2 Å². The van der Waals surface area contributed by atoms with E-state index >= 15 is 0 Å². The third-order valence-electron chi connectivity index (χ3n) is 2.86. The lowest BCUT2D eigenvalue weighted by Gasteiger charge is -2.20. The first-order chi connectivity index (χ1) is 9.90. The van der Waals surface area contributed by atoms with Crippen LogP contribution in [0.1, 0.15) is 17.2 Å². The molecule has 7 heteroatoms. The number of carboxylic acids is 1. The van der Waals surface area contributed by atoms with E-state index in [1.165, 1.54) is 25.3 Å². The molecule has 0 bridgehead atoms. The normalized spacial score (nSPS) is 14.1. The van der Waals surface area contributed by atoms with Crippen molar-refractivity contribution >= 4 is 12.0 Å². The van der Waals surface area contributed by atoms with Crippen LogP contribution < -0.4 is 10.1 Å². The van der Waals surface area contributed by atoms with Crippen molar-refractivity contribution in [1.29, 1.82) is 0 Å². The zero-order chi connectivity index (χ0) is 16.0. The van der Waals surface area contributed by atoms with E-state index in [1.54, 1.807) is 7.05 Å². The number of hydrogen-bond donors (Lipinski definition) is 5. The molecule has 0 aromatic heterocycles. The summed E-state index contributed by atoms with van der Waals surface area (Å²) < 4.78 is 4.98. The molecule has 7 nitrogen and oxygen atoms in total. The van der Waals surface area contributed by atoms with Crippen molar-refractivity contribution in [1.82, 2.24) is 5.32 Å². The van der Waals surface area contributed by atoms with Crippen LogP contribution >= 0.6 is 0 Å². The Morgan fingerprint density at radius 1 is 1.43 bits per heavy atom. The Morgan fingerprint density at radius 3 is 2.62 bits per heavy atom. The Kier molecular flexibility index (Phi) is 6.16. The Hall–Kier alpha value is -2.09. The van der Waals surface area contributed by atoms with Crippen molar-refractivity contribution in [2.24, 2.45) is 0 Å². The van der Waals surface area contributed by atoms with Crippen LogP contribution in [0.3, 0.4) is 0 Å². The summed E-state index contributed by atoms with van der Waals surface area (Å²) >= 11 is 0. The number of ether oxygens (including phenoxy) is 1. The number of likely N-dealkylation sites (N-methyl/N-ethyl adjacent to an activating group) is 1. The maximum absolute atomic E-state index is 10.5. The maximum Gasteiger partial charge on any atom is 0.328 e. The molecule has 0 saturated carbocycles. The molecule has 2 unspecified atom stereocenters. The summed E-state index contributed by atoms with van der Waals surface area (Å²) in [6.45, 7) is 0.123. The molecule has 1 aromatic carbocycles. The minimum Gasteiger partial charge on any atom is -0.504 e. The van der Waals surface area contributed by atoms with Gasteiger partial charge in [-0.25, -0.2) is 4.79 Å². The molecule has 116 valence electrons. The minimum atomic E-state index is -1.34. The number of aliphatic hydroxyl groups is 2. The topological polar surface area (TPSA) is 119 Å². The Labute approximate surface area is 122 Å². The fourth-order valence-electron chi connectivity index (χ4n) is 1.82. The van der Waals surface area contributed by atoms with E-state index in [9.17, 15) is 20.1 Å². The molecule has 1 aromatic rings. The van der Waals surface area contributed by atoms with E-state index in [2.05, 4.69) is 5.32 Å². The van der Waals surface area contributed by atoms with Gasteiger partial charge in [0.1, 0.15) is 6.10 Å². The third-order valence-corrected chi connectivity index (χ3v) is 2.86. The number of phenolic OH excluding ortho intramolecular Hbond substituents is 1. The van der Waals surface area contributed by atoms with Gasteiger partial charge < -0.3 is 30.5 Å². The van der Waals surface area contributed by atoms with Gasteiger partial charge >= 0.3 is 5.97 Å². The number of rotatable bonds is 7. The highest BCUT2D eigenvalue weighted by atomic mass is 16.5.